The van der Waals surface area contributed by atoms with Crippen LogP contribution >= 0.6 is 0 Å². The Morgan fingerprint density at radius 3 is 2.36 bits per heavy atom. The van der Waals surface area contributed by atoms with Gasteiger partial charge in [0.25, 0.3) is 0 Å². The monoisotopic (exact) mass is 439 g/mol. The van der Waals surface area contributed by atoms with Gasteiger partial charge in [-0.2, -0.15) is 0 Å². The van der Waals surface area contributed by atoms with E-state index in [4.69, 9.17) is 4.42 Å². The van der Waals surface area contributed by atoms with Crippen LogP contribution in [0.4, 0.5) is 0 Å². The molecule has 7 heteroatoms. The molecule has 0 atom stereocenters. The van der Waals surface area contributed by atoms with Gasteiger partial charge in [0.1, 0.15) is 17.6 Å². The van der Waals surface area contributed by atoms with Crippen LogP contribution in [0.3, 0.4) is 0 Å². The number of amides is 1. The van der Waals surface area contributed by atoms with Crippen LogP contribution in [0, 0.1) is 6.92 Å². The Labute approximate surface area is 188 Å². The number of furan rings is 1. The first-order valence-electron chi connectivity index (χ1n) is 10.6. The molecule has 5 rings (SSSR count). The number of nitrogens with zero attached hydrogens (tertiary/aromatic N) is 2. The van der Waals surface area contributed by atoms with Crippen LogP contribution in [0.25, 0.3) is 27.8 Å². The highest BCUT2D eigenvalue weighted by Gasteiger charge is 2.22. The molecule has 0 saturated heterocycles. The Bertz CT molecular complexity index is 1590. The summed E-state index contributed by atoms with van der Waals surface area (Å²) < 4.78 is 8.21. The average molecular weight is 439 g/mol. The summed E-state index contributed by atoms with van der Waals surface area (Å²) in [5, 5.41) is 3.45. The Morgan fingerprint density at radius 1 is 0.909 bits per heavy atom. The number of aryl methyl sites for hydroxylation is 1. The molecule has 0 fully saturated rings. The molecule has 0 radical (unpaired) electrons. The van der Waals surface area contributed by atoms with Crippen molar-refractivity contribution in [1.82, 2.24) is 14.5 Å². The van der Waals surface area contributed by atoms with Gasteiger partial charge in [0.15, 0.2) is 0 Å². The lowest BCUT2D eigenvalue weighted by Crippen LogP contribution is -2.41. The molecule has 5 aromatic rings. The molecular formula is C26H21N3O4. The minimum Gasteiger partial charge on any atom is -0.449 e. The van der Waals surface area contributed by atoms with Crippen molar-refractivity contribution in [1.29, 1.82) is 0 Å². The zero-order valence-electron chi connectivity index (χ0n) is 17.9. The third-order valence-corrected chi connectivity index (χ3v) is 5.59. The number of fused-ring (bicyclic) bond motifs is 3. The maximum absolute atomic E-state index is 13.5. The molecule has 0 aliphatic heterocycles. The van der Waals surface area contributed by atoms with E-state index in [-0.39, 0.29) is 18.0 Å². The molecule has 2 aromatic heterocycles. The Hall–Kier alpha value is -4.39. The molecule has 164 valence electrons. The third kappa shape index (κ3) is 3.74. The molecule has 33 heavy (non-hydrogen) atoms. The van der Waals surface area contributed by atoms with E-state index in [0.29, 0.717) is 28.7 Å². The summed E-state index contributed by atoms with van der Waals surface area (Å²) >= 11 is 0. The minimum absolute atomic E-state index is 0.0345. The van der Waals surface area contributed by atoms with Crippen molar-refractivity contribution >= 4 is 28.0 Å². The van der Waals surface area contributed by atoms with E-state index >= 15 is 0 Å². The van der Waals surface area contributed by atoms with E-state index < -0.39 is 11.2 Å². The van der Waals surface area contributed by atoms with Crippen molar-refractivity contribution in [3.05, 3.63) is 111 Å². The topological polar surface area (TPSA) is 86.2 Å². The van der Waals surface area contributed by atoms with Gasteiger partial charge >= 0.3 is 11.2 Å². The highest BCUT2D eigenvalue weighted by atomic mass is 16.3. The Balaban J connectivity index is 1.65. The van der Waals surface area contributed by atoms with Crippen LogP contribution in [0.5, 0.6) is 0 Å². The molecule has 1 amide bonds. The van der Waals surface area contributed by atoms with Gasteiger partial charge in [0, 0.05) is 11.9 Å². The van der Waals surface area contributed by atoms with Gasteiger partial charge in [-0.3, -0.25) is 14.2 Å². The highest BCUT2D eigenvalue weighted by molar-refractivity contribution is 6.02. The second-order valence-electron chi connectivity index (χ2n) is 7.88. The number of nitrogens with one attached hydrogen (secondary N) is 1. The summed E-state index contributed by atoms with van der Waals surface area (Å²) in [4.78, 5) is 39.7. The van der Waals surface area contributed by atoms with Gasteiger partial charge in [-0.15, -0.1) is 0 Å². The van der Waals surface area contributed by atoms with Crippen LogP contribution in [0.1, 0.15) is 11.1 Å². The van der Waals surface area contributed by atoms with Crippen molar-refractivity contribution in [2.24, 2.45) is 0 Å². The standard InChI is InChI=1S/C26H21N3O4/c1-17-11-13-19(14-12-17)29-25(31)24-23(20-9-5-6-10-21(20)33-24)28(26(29)32)16-22(30)27-15-18-7-3-2-4-8-18/h2-14H,15-16H2,1H3,(H,27,30). The first-order valence-corrected chi connectivity index (χ1v) is 10.6. The van der Waals surface area contributed by atoms with Crippen LogP contribution in [-0.2, 0) is 17.9 Å². The number of para-hydroxylation sites is 1. The predicted molar refractivity (Wildman–Crippen MR) is 127 cm³/mol. The fourth-order valence-corrected chi connectivity index (χ4v) is 3.91. The lowest BCUT2D eigenvalue weighted by Gasteiger charge is -2.12. The molecule has 3 aromatic carbocycles. The number of carbonyl (C=O) groups excluding carboxylic acids is 1. The first-order chi connectivity index (χ1) is 16.0. The third-order valence-electron chi connectivity index (χ3n) is 5.59. The number of hydrogen-bond acceptors (Lipinski definition) is 4. The quantitative estimate of drug-likeness (QED) is 0.454. The van der Waals surface area contributed by atoms with Crippen LogP contribution in [-0.4, -0.2) is 15.0 Å². The number of aromatic nitrogens is 2. The van der Waals surface area contributed by atoms with Gasteiger partial charge in [-0.25, -0.2) is 9.36 Å². The normalized spacial score (nSPS) is 11.2. The second-order valence-corrected chi connectivity index (χ2v) is 7.88. The van der Waals surface area contributed by atoms with Crippen molar-refractivity contribution in [3.8, 4) is 5.69 Å². The van der Waals surface area contributed by atoms with E-state index in [1.807, 2.05) is 49.4 Å². The van der Waals surface area contributed by atoms with Crippen molar-refractivity contribution in [2.45, 2.75) is 20.0 Å². The number of carbonyl (C=O) groups is 1. The molecule has 2 heterocycles. The lowest BCUT2D eigenvalue weighted by atomic mass is 10.2. The maximum atomic E-state index is 13.5. The second kappa shape index (κ2) is 8.27. The SMILES string of the molecule is Cc1ccc(-n2c(=O)c3oc4ccccc4c3n(CC(=O)NCc3ccccc3)c2=O)cc1. The molecule has 0 spiro atoms. The van der Waals surface area contributed by atoms with Crippen LogP contribution < -0.4 is 16.6 Å². The van der Waals surface area contributed by atoms with E-state index in [2.05, 4.69) is 5.32 Å². The van der Waals surface area contributed by atoms with Crippen LogP contribution in [0.15, 0.2) is 92.9 Å². The van der Waals surface area contributed by atoms with Crippen LogP contribution in [0.2, 0.25) is 0 Å². The van der Waals surface area contributed by atoms with E-state index in [9.17, 15) is 14.4 Å². The van der Waals surface area contributed by atoms with Gasteiger partial charge in [-0.05, 0) is 36.8 Å². The molecule has 0 bridgehead atoms. The largest absolute Gasteiger partial charge is 0.449 e. The predicted octanol–water partition coefficient (Wildman–Crippen LogP) is 3.52. The van der Waals surface area contributed by atoms with E-state index in [1.54, 1.807) is 36.4 Å². The molecule has 0 aliphatic carbocycles. The molecule has 0 unspecified atom stereocenters. The summed E-state index contributed by atoms with van der Waals surface area (Å²) in [6.07, 6.45) is 0. The smallest absolute Gasteiger partial charge is 0.336 e. The number of hydrogen-bond donors (Lipinski definition) is 1. The zero-order chi connectivity index (χ0) is 22.9. The average Bonchev–Trinajstić information content (AvgIpc) is 3.22. The summed E-state index contributed by atoms with van der Waals surface area (Å²) in [6, 6.07) is 23.6. The van der Waals surface area contributed by atoms with Crippen molar-refractivity contribution < 1.29 is 9.21 Å². The summed E-state index contributed by atoms with van der Waals surface area (Å²) in [5.74, 6) is -0.346. The van der Waals surface area contributed by atoms with Gasteiger partial charge < -0.3 is 9.73 Å². The minimum atomic E-state index is -0.599. The van der Waals surface area contributed by atoms with Crippen molar-refractivity contribution in [3.63, 3.8) is 0 Å². The van der Waals surface area contributed by atoms with E-state index in [1.165, 1.54) is 4.57 Å². The zero-order valence-corrected chi connectivity index (χ0v) is 17.9. The molecular weight excluding hydrogens is 418 g/mol. The summed E-state index contributed by atoms with van der Waals surface area (Å²) in [5.41, 5.74) is 2.03. The number of benzene rings is 3. The molecule has 7 nitrogen and oxygen atoms in total. The molecule has 0 saturated carbocycles. The van der Waals surface area contributed by atoms with E-state index in [0.717, 1.165) is 15.7 Å². The first kappa shape index (κ1) is 20.5. The van der Waals surface area contributed by atoms with Gasteiger partial charge in [0.2, 0.25) is 11.5 Å². The van der Waals surface area contributed by atoms with Gasteiger partial charge in [0.05, 0.1) is 5.69 Å². The highest BCUT2D eigenvalue weighted by Crippen LogP contribution is 2.25. The fourth-order valence-electron chi connectivity index (χ4n) is 3.91. The maximum Gasteiger partial charge on any atom is 0.336 e. The van der Waals surface area contributed by atoms with Gasteiger partial charge in [-0.1, -0.05) is 60.2 Å². The summed E-state index contributed by atoms with van der Waals surface area (Å²) in [6.45, 7) is 2.00. The molecule has 1 N–H and O–H groups in total. The number of rotatable bonds is 5. The Kier molecular flexibility index (Phi) is 5.14. The lowest BCUT2D eigenvalue weighted by molar-refractivity contribution is -0.121. The Morgan fingerprint density at radius 2 is 1.61 bits per heavy atom. The fraction of sp³-hybridized carbons (Fsp3) is 0.115. The summed E-state index contributed by atoms with van der Waals surface area (Å²) in [7, 11) is 0. The molecule has 0 aliphatic rings. The van der Waals surface area contributed by atoms with Crippen molar-refractivity contribution in [2.75, 3.05) is 0 Å².